The van der Waals surface area contributed by atoms with Gasteiger partial charge in [0.2, 0.25) is 5.95 Å². The topological polar surface area (TPSA) is 50.3 Å². The van der Waals surface area contributed by atoms with Crippen molar-refractivity contribution in [3.05, 3.63) is 11.3 Å². The Labute approximate surface area is 120 Å². The van der Waals surface area contributed by atoms with Crippen molar-refractivity contribution in [3.8, 4) is 0 Å². The largest absolute Gasteiger partial charge is 0.416 e. The third-order valence-corrected chi connectivity index (χ3v) is 3.87. The van der Waals surface area contributed by atoms with Crippen LogP contribution in [0.5, 0.6) is 0 Å². The molecule has 1 atom stereocenters. The van der Waals surface area contributed by atoms with Crippen LogP contribution < -0.4 is 10.2 Å². The number of fused-ring (bicyclic) bond motifs is 1. The number of nitrogens with one attached hydrogen (secondary N) is 1. The molecule has 2 heterocycles. The molecule has 1 aromatic heterocycles. The smallest absolute Gasteiger partial charge is 0.373 e. The number of aryl methyl sites for hydroxylation is 1. The highest BCUT2D eigenvalue weighted by Gasteiger charge is 2.44. The molecule has 0 spiro atoms. The van der Waals surface area contributed by atoms with Crippen LogP contribution in [0.15, 0.2) is 0 Å². The summed E-state index contributed by atoms with van der Waals surface area (Å²) in [5, 5.41) is 3.02. The molecule has 21 heavy (non-hydrogen) atoms. The summed E-state index contributed by atoms with van der Waals surface area (Å²) >= 11 is 0. The van der Waals surface area contributed by atoms with Gasteiger partial charge in [-0.15, -0.1) is 0 Å². The molecule has 2 aliphatic rings. The minimum atomic E-state index is -4.36. The van der Waals surface area contributed by atoms with E-state index in [2.05, 4.69) is 15.3 Å². The van der Waals surface area contributed by atoms with Crippen LogP contribution >= 0.6 is 0 Å². The van der Waals surface area contributed by atoms with Crippen LogP contribution in [0.25, 0.3) is 0 Å². The van der Waals surface area contributed by atoms with Gasteiger partial charge in [-0.05, 0) is 19.3 Å². The van der Waals surface area contributed by atoms with Crippen molar-refractivity contribution in [1.29, 1.82) is 0 Å². The van der Waals surface area contributed by atoms with Crippen molar-refractivity contribution < 1.29 is 17.9 Å². The Bertz CT molecular complexity index is 535. The number of hydrogen-bond donors (Lipinski definition) is 1. The van der Waals surface area contributed by atoms with E-state index < -0.39 is 12.3 Å². The molecule has 0 amide bonds. The number of halogens is 3. The first-order valence-corrected chi connectivity index (χ1v) is 7.00. The van der Waals surface area contributed by atoms with Crippen molar-refractivity contribution in [3.63, 3.8) is 0 Å². The fraction of sp³-hybridized carbons (Fsp3) is 0.692. The van der Waals surface area contributed by atoms with E-state index in [-0.39, 0.29) is 13.2 Å². The van der Waals surface area contributed by atoms with E-state index in [9.17, 15) is 13.2 Å². The lowest BCUT2D eigenvalue weighted by atomic mass is 10.2. The number of aromatic nitrogens is 2. The second-order valence-electron chi connectivity index (χ2n) is 5.25. The Morgan fingerprint density at radius 2 is 2.10 bits per heavy atom. The highest BCUT2D eigenvalue weighted by molar-refractivity contribution is 5.52. The van der Waals surface area contributed by atoms with E-state index in [1.54, 1.807) is 11.9 Å². The standard InChI is InChI=1S/C13H17F3N4O/c1-17-11-8-3-2-4-9(8)18-12(19-11)20-5-6-21-10(7-20)13(14,15)16/h10H,2-7H2,1H3,(H,17,18,19). The van der Waals surface area contributed by atoms with Crippen LogP contribution in [0.2, 0.25) is 0 Å². The summed E-state index contributed by atoms with van der Waals surface area (Å²) in [7, 11) is 1.77. The summed E-state index contributed by atoms with van der Waals surface area (Å²) in [5.74, 6) is 1.08. The normalized spacial score (nSPS) is 22.3. The van der Waals surface area contributed by atoms with Gasteiger partial charge in [-0.3, -0.25) is 0 Å². The van der Waals surface area contributed by atoms with Crippen LogP contribution in [-0.4, -0.2) is 49.0 Å². The summed E-state index contributed by atoms with van der Waals surface area (Å²) in [4.78, 5) is 10.4. The van der Waals surface area contributed by atoms with Gasteiger partial charge in [-0.1, -0.05) is 0 Å². The van der Waals surface area contributed by atoms with Gasteiger partial charge in [0.1, 0.15) is 5.82 Å². The van der Waals surface area contributed by atoms with Crippen LogP contribution in [0.3, 0.4) is 0 Å². The number of nitrogens with zero attached hydrogens (tertiary/aromatic N) is 3. The number of alkyl halides is 3. The van der Waals surface area contributed by atoms with E-state index in [0.29, 0.717) is 12.5 Å². The molecule has 1 unspecified atom stereocenters. The van der Waals surface area contributed by atoms with Crippen LogP contribution in [0, 0.1) is 0 Å². The SMILES string of the molecule is CNc1nc(N2CCOC(C(F)(F)F)C2)nc2c1CCC2. The van der Waals surface area contributed by atoms with Crippen molar-refractivity contribution in [2.45, 2.75) is 31.5 Å². The Morgan fingerprint density at radius 1 is 1.29 bits per heavy atom. The van der Waals surface area contributed by atoms with Gasteiger partial charge in [0.15, 0.2) is 6.10 Å². The number of morpholine rings is 1. The zero-order valence-corrected chi connectivity index (χ0v) is 11.7. The maximum atomic E-state index is 12.8. The lowest BCUT2D eigenvalue weighted by Gasteiger charge is -2.34. The molecule has 1 N–H and O–H groups in total. The Hall–Kier alpha value is -1.57. The molecule has 1 saturated heterocycles. The van der Waals surface area contributed by atoms with Crippen molar-refractivity contribution >= 4 is 11.8 Å². The molecule has 0 radical (unpaired) electrons. The minimum Gasteiger partial charge on any atom is -0.373 e. The van der Waals surface area contributed by atoms with Gasteiger partial charge in [0, 0.05) is 19.2 Å². The number of rotatable bonds is 2. The molecule has 5 nitrogen and oxygen atoms in total. The molecule has 1 aromatic rings. The fourth-order valence-electron chi connectivity index (χ4n) is 2.80. The van der Waals surface area contributed by atoms with E-state index in [4.69, 9.17) is 4.74 Å². The van der Waals surface area contributed by atoms with Gasteiger partial charge in [0.05, 0.1) is 18.8 Å². The third kappa shape index (κ3) is 2.76. The molecule has 1 fully saturated rings. The molecule has 0 saturated carbocycles. The molecule has 116 valence electrons. The highest BCUT2D eigenvalue weighted by atomic mass is 19.4. The highest BCUT2D eigenvalue weighted by Crippen LogP contribution is 2.30. The van der Waals surface area contributed by atoms with E-state index in [1.165, 1.54) is 0 Å². The average Bonchev–Trinajstić information content (AvgIpc) is 2.93. The number of ether oxygens (including phenoxy) is 1. The summed E-state index contributed by atoms with van der Waals surface area (Å²) in [6, 6.07) is 0. The first kappa shape index (κ1) is 14.4. The maximum Gasteiger partial charge on any atom is 0.416 e. The molecule has 8 heteroatoms. The second kappa shape index (κ2) is 5.32. The lowest BCUT2D eigenvalue weighted by molar-refractivity contribution is -0.221. The van der Waals surface area contributed by atoms with Gasteiger partial charge in [0.25, 0.3) is 0 Å². The van der Waals surface area contributed by atoms with Gasteiger partial charge in [-0.2, -0.15) is 18.2 Å². The van der Waals surface area contributed by atoms with Crippen molar-refractivity contribution in [2.24, 2.45) is 0 Å². The predicted octanol–water partition coefficient (Wildman–Crippen LogP) is 1.77. The monoisotopic (exact) mass is 302 g/mol. The second-order valence-corrected chi connectivity index (χ2v) is 5.25. The van der Waals surface area contributed by atoms with Gasteiger partial charge < -0.3 is 15.0 Å². The molecular weight excluding hydrogens is 285 g/mol. The molecule has 0 bridgehead atoms. The molecule has 1 aliphatic heterocycles. The maximum absolute atomic E-state index is 12.8. The predicted molar refractivity (Wildman–Crippen MR) is 71.6 cm³/mol. The number of anilines is 2. The average molecular weight is 302 g/mol. The van der Waals surface area contributed by atoms with E-state index >= 15 is 0 Å². The fourth-order valence-corrected chi connectivity index (χ4v) is 2.80. The molecule has 1 aliphatic carbocycles. The third-order valence-electron chi connectivity index (χ3n) is 3.87. The summed E-state index contributed by atoms with van der Waals surface area (Å²) in [6.45, 7) is 0.138. The van der Waals surface area contributed by atoms with Crippen molar-refractivity contribution in [1.82, 2.24) is 9.97 Å². The quantitative estimate of drug-likeness (QED) is 0.902. The number of hydrogen-bond acceptors (Lipinski definition) is 5. The Kier molecular flexibility index (Phi) is 3.64. The molecule has 0 aromatic carbocycles. The van der Waals surface area contributed by atoms with Crippen molar-refractivity contribution in [2.75, 3.05) is 37.0 Å². The van der Waals surface area contributed by atoms with E-state index in [1.807, 2.05) is 0 Å². The summed E-state index contributed by atoms with van der Waals surface area (Å²) < 4.78 is 43.2. The summed E-state index contributed by atoms with van der Waals surface area (Å²) in [5.41, 5.74) is 2.03. The lowest BCUT2D eigenvalue weighted by Crippen LogP contribution is -2.49. The Balaban J connectivity index is 1.87. The zero-order chi connectivity index (χ0) is 15.0. The zero-order valence-electron chi connectivity index (χ0n) is 11.7. The molecular formula is C13H17F3N4O. The van der Waals surface area contributed by atoms with Gasteiger partial charge in [-0.25, -0.2) is 4.98 Å². The molecule has 3 rings (SSSR count). The van der Waals surface area contributed by atoms with Crippen LogP contribution in [0.4, 0.5) is 24.9 Å². The summed E-state index contributed by atoms with van der Waals surface area (Å²) in [6.07, 6.45) is -3.36. The first-order chi connectivity index (χ1) is 9.99. The minimum absolute atomic E-state index is 0.0273. The first-order valence-electron chi connectivity index (χ1n) is 7.00. The van der Waals surface area contributed by atoms with Gasteiger partial charge >= 0.3 is 6.18 Å². The van der Waals surface area contributed by atoms with Crippen LogP contribution in [-0.2, 0) is 17.6 Å². The Morgan fingerprint density at radius 3 is 2.81 bits per heavy atom. The van der Waals surface area contributed by atoms with E-state index in [0.717, 1.165) is 36.3 Å². The van der Waals surface area contributed by atoms with Crippen LogP contribution in [0.1, 0.15) is 17.7 Å².